The maximum absolute atomic E-state index is 12.4. The Morgan fingerprint density at radius 1 is 0.750 bits per heavy atom. The number of carbonyl (C=O) groups excluding carboxylic acids is 6. The Morgan fingerprint density at radius 2 is 1.05 bits per heavy atom. The molecule has 34 heteroatoms. The fraction of sp³-hybridized carbons (Fsp3) is 0.455. The average Bonchev–Trinajstić information content (AvgIpc) is 3.67. The van der Waals surface area contributed by atoms with Crippen LogP contribution in [-0.2, 0) is 59.1 Å². The molecule has 2 aliphatic heterocycles. The van der Waals surface area contributed by atoms with E-state index >= 15 is 0 Å². The summed E-state index contributed by atoms with van der Waals surface area (Å²) < 4.78 is 69.0. The Balaban J connectivity index is 0.000000541. The molecular formula is C22H26N12Na2O16S4. The van der Waals surface area contributed by atoms with Crippen molar-refractivity contribution >= 4 is 101 Å². The van der Waals surface area contributed by atoms with E-state index in [1.807, 2.05) is 0 Å². The molecule has 0 saturated carbocycles. The van der Waals surface area contributed by atoms with Crippen LogP contribution in [0.5, 0.6) is 0 Å². The van der Waals surface area contributed by atoms with Crippen molar-refractivity contribution in [3.05, 3.63) is 11.6 Å². The van der Waals surface area contributed by atoms with Gasteiger partial charge in [0.2, 0.25) is 23.1 Å². The minimum absolute atomic E-state index is 0. The number of β-lactam (4-membered cyclic amide) rings is 2. The van der Waals surface area contributed by atoms with E-state index in [2.05, 4.69) is 39.7 Å². The number of hydrogen-bond donors (Lipinski definition) is 6. The molecule has 2 unspecified atom stereocenters. The molecule has 8 N–H and O–H groups in total. The molecule has 2 aromatic heterocycles. The summed E-state index contributed by atoms with van der Waals surface area (Å²) in [6, 6.07) is -2.54. The van der Waals surface area contributed by atoms with Crippen molar-refractivity contribution in [2.75, 3.05) is 24.6 Å². The molecule has 56 heavy (non-hydrogen) atoms. The van der Waals surface area contributed by atoms with E-state index < -0.39 is 104 Å². The Hall–Kier alpha value is -3.70. The summed E-state index contributed by atoms with van der Waals surface area (Å²) in [6.07, 6.45) is 0. The topological polar surface area (TPSA) is 435 Å². The number of hydrogen-bond acceptors (Lipinski definition) is 24. The molecule has 296 valence electrons. The van der Waals surface area contributed by atoms with Gasteiger partial charge >= 0.3 is 79.7 Å². The molecule has 2 fully saturated rings. The first-order chi connectivity index (χ1) is 24.7. The van der Waals surface area contributed by atoms with Crippen LogP contribution in [0.2, 0.25) is 0 Å². The number of nitrogen functional groups attached to an aromatic ring is 2. The monoisotopic (exact) mass is 888 g/mol. The number of anilines is 2. The summed E-state index contributed by atoms with van der Waals surface area (Å²) in [5.41, 5.74) is 5.86. The van der Waals surface area contributed by atoms with Gasteiger partial charge in [0.15, 0.2) is 21.5 Å². The fourth-order valence-electron chi connectivity index (χ4n) is 3.30. The molecule has 4 amide bonds. The van der Waals surface area contributed by atoms with Crippen molar-refractivity contribution < 1.29 is 134 Å². The number of aliphatic carboxylic acids is 2. The Labute approximate surface area is 367 Å². The molecule has 28 nitrogen and oxygen atoms in total. The van der Waals surface area contributed by atoms with Gasteiger partial charge in [-0.3, -0.25) is 28.3 Å². The van der Waals surface area contributed by atoms with Crippen molar-refractivity contribution in [1.29, 1.82) is 0 Å². The van der Waals surface area contributed by atoms with Crippen molar-refractivity contribution in [1.82, 2.24) is 38.0 Å². The van der Waals surface area contributed by atoms with E-state index in [4.69, 9.17) is 30.2 Å². The van der Waals surface area contributed by atoms with Gasteiger partial charge in [0, 0.05) is 23.1 Å². The van der Waals surface area contributed by atoms with Gasteiger partial charge in [-0.05, 0) is 27.7 Å². The molecule has 2 saturated heterocycles. The Bertz CT molecular complexity index is 2010. The largest absolute Gasteiger partial charge is 1.00 e. The fourth-order valence-corrected chi connectivity index (χ4v) is 5.55. The zero-order valence-corrected chi connectivity index (χ0v) is 36.8. The summed E-state index contributed by atoms with van der Waals surface area (Å²) in [5.74, 6) is -8.11. The van der Waals surface area contributed by atoms with Gasteiger partial charge in [-0.15, -0.1) is 0 Å². The summed E-state index contributed by atoms with van der Waals surface area (Å²) in [6.45, 7) is 3.45. The van der Waals surface area contributed by atoms with Gasteiger partial charge in [0.05, 0.1) is 25.0 Å². The number of rotatable bonds is 14. The zero-order chi connectivity index (χ0) is 41.1. The number of nitrogens with zero attached hydrogens (tertiary/aromatic N) is 8. The molecule has 0 radical (unpaired) electrons. The number of carbonyl (C=O) groups is 6. The van der Waals surface area contributed by atoms with Gasteiger partial charge in [-0.1, -0.05) is 10.3 Å². The maximum atomic E-state index is 12.4. The standard InChI is InChI=1S/2C11H14N6O8S2.2Na/c2*1-11(2,9(20)21)25-15-5(6-14-10(12)26-16-6)7(18)13-4-3-17(8(4)19)27(22,23)24;;/h2*4H,3H2,1-2H3,(H,13,18)(H,20,21)(H2,12,14,16)(H,22,23,24);;/q;;2*+1/p-2/b2*15-5-;;. The van der Waals surface area contributed by atoms with Crippen LogP contribution in [0.4, 0.5) is 10.3 Å². The minimum atomic E-state index is -4.73. The van der Waals surface area contributed by atoms with E-state index in [1.54, 1.807) is 0 Å². The molecular weight excluding hydrogens is 863 g/mol. The van der Waals surface area contributed by atoms with Crippen molar-refractivity contribution in [3.8, 4) is 0 Å². The first-order valence-electron chi connectivity index (χ1n) is 14.0. The Morgan fingerprint density at radius 3 is 1.27 bits per heavy atom. The van der Waals surface area contributed by atoms with Gasteiger partial charge in [-0.2, -0.15) is 35.6 Å². The molecule has 0 spiro atoms. The quantitative estimate of drug-likeness (QED) is 0.0337. The molecule has 0 aromatic carbocycles. The summed E-state index contributed by atoms with van der Waals surface area (Å²) in [4.78, 5) is 87.0. The average molecular weight is 889 g/mol. The first-order valence-corrected chi connectivity index (χ1v) is 18.3. The third-order valence-electron chi connectivity index (χ3n) is 6.40. The second-order valence-corrected chi connectivity index (χ2v) is 15.6. The van der Waals surface area contributed by atoms with Crippen molar-refractivity contribution in [3.63, 3.8) is 0 Å². The zero-order valence-electron chi connectivity index (χ0n) is 29.5. The molecule has 4 rings (SSSR count). The molecule has 2 atom stereocenters. The number of carboxylic acid groups (broad SMARTS) is 2. The number of oxime groups is 2. The minimum Gasteiger partial charge on any atom is -0.546 e. The number of carboxylic acids is 2. The SMILES string of the molecule is CC(C)(O/N=C(\C(=O)NC1CN(S(=O)(=O)O)C1=O)c1nsc(N)n1)C(=O)[O-].CC(C)(O/N=C(\C(=O)NC1CN(S(=O)(=O)O)C1=O)c1nsc(N)n1)C(=O)[O-].[Na+].[Na+]. The van der Waals surface area contributed by atoms with Crippen LogP contribution in [0.25, 0.3) is 0 Å². The van der Waals surface area contributed by atoms with Crippen LogP contribution in [0.15, 0.2) is 10.3 Å². The predicted molar refractivity (Wildman–Crippen MR) is 172 cm³/mol. The van der Waals surface area contributed by atoms with Crippen LogP contribution in [0.1, 0.15) is 39.3 Å². The van der Waals surface area contributed by atoms with E-state index in [9.17, 15) is 55.8 Å². The van der Waals surface area contributed by atoms with Gasteiger partial charge in [0.1, 0.15) is 12.1 Å². The second-order valence-electron chi connectivity index (χ2n) is 11.3. The third-order valence-corrected chi connectivity index (χ3v) is 9.26. The maximum Gasteiger partial charge on any atom is 1.00 e. The second kappa shape index (κ2) is 19.2. The number of amides is 4. The van der Waals surface area contributed by atoms with E-state index in [0.717, 1.165) is 27.7 Å². The van der Waals surface area contributed by atoms with E-state index in [0.29, 0.717) is 23.1 Å². The molecule has 0 bridgehead atoms. The molecule has 0 aliphatic carbocycles. The van der Waals surface area contributed by atoms with Crippen LogP contribution in [0, 0.1) is 0 Å². The van der Waals surface area contributed by atoms with Crippen molar-refractivity contribution in [2.24, 2.45) is 10.3 Å². The summed E-state index contributed by atoms with van der Waals surface area (Å²) in [5, 5.41) is 33.0. The van der Waals surface area contributed by atoms with Gasteiger partial charge in [0.25, 0.3) is 23.6 Å². The smallest absolute Gasteiger partial charge is 0.546 e. The number of nitrogens with one attached hydrogen (secondary N) is 2. The van der Waals surface area contributed by atoms with Crippen molar-refractivity contribution in [2.45, 2.75) is 51.0 Å². The van der Waals surface area contributed by atoms with Gasteiger partial charge in [-0.25, -0.2) is 8.61 Å². The van der Waals surface area contributed by atoms with Crippen LogP contribution in [0.3, 0.4) is 0 Å². The summed E-state index contributed by atoms with van der Waals surface area (Å²) in [7, 11) is -9.45. The van der Waals surface area contributed by atoms with Crippen LogP contribution >= 0.6 is 23.1 Å². The molecule has 2 aliphatic rings. The van der Waals surface area contributed by atoms with Gasteiger partial charge < -0.3 is 51.6 Å². The Kier molecular flexibility index (Phi) is 17.2. The molecule has 4 heterocycles. The van der Waals surface area contributed by atoms with Crippen LogP contribution < -0.4 is 91.4 Å². The summed E-state index contributed by atoms with van der Waals surface area (Å²) >= 11 is 1.43. The van der Waals surface area contributed by atoms with E-state index in [1.165, 1.54) is 0 Å². The normalized spacial score (nSPS) is 17.4. The predicted octanol–water partition coefficient (Wildman–Crippen LogP) is -13.0. The first kappa shape index (κ1) is 50.3. The third kappa shape index (κ3) is 12.7. The number of aromatic nitrogens is 4. The van der Waals surface area contributed by atoms with E-state index in [-0.39, 0.29) is 89.6 Å². The van der Waals surface area contributed by atoms with Crippen LogP contribution in [-0.4, -0.2) is 137 Å². The molecule has 2 aromatic rings. The number of nitrogens with two attached hydrogens (primary N) is 2.